The largest absolute Gasteiger partial charge is 0.0654 e. The summed E-state index contributed by atoms with van der Waals surface area (Å²) in [5.74, 6) is 0. The molecule has 144 valence electrons. The summed E-state index contributed by atoms with van der Waals surface area (Å²) in [6.07, 6.45) is 6.42. The van der Waals surface area contributed by atoms with E-state index in [0.717, 1.165) is 4.47 Å². The molecule has 0 aliphatic heterocycles. The van der Waals surface area contributed by atoms with E-state index in [4.69, 9.17) is 0 Å². The number of hydrogen-bond donors (Lipinski definition) is 0. The van der Waals surface area contributed by atoms with Gasteiger partial charge in [0.2, 0.25) is 0 Å². The first kappa shape index (κ1) is 19.5. The highest BCUT2D eigenvalue weighted by Gasteiger charge is 2.40. The van der Waals surface area contributed by atoms with Crippen molar-refractivity contribution in [3.8, 4) is 11.1 Å². The Morgan fingerprint density at radius 3 is 2.43 bits per heavy atom. The molecule has 0 saturated heterocycles. The first-order valence-electron chi connectivity index (χ1n) is 10.5. The standard InChI is InChI=1S/C27H29Br/c1-4-5-6-7-10-20-15-19(2)16-21(17-20)27(3)25-12-9-8-11-23(25)24-14-13-22(28)18-26(24)27/h8-9,11-18H,4-7,10H2,1-3H3. The van der Waals surface area contributed by atoms with Gasteiger partial charge < -0.3 is 0 Å². The molecule has 1 aliphatic rings. The molecular formula is C27H29Br. The molecule has 28 heavy (non-hydrogen) atoms. The second kappa shape index (κ2) is 7.87. The van der Waals surface area contributed by atoms with Crippen LogP contribution in [0, 0.1) is 6.92 Å². The summed E-state index contributed by atoms with van der Waals surface area (Å²) >= 11 is 3.71. The van der Waals surface area contributed by atoms with Crippen LogP contribution in [0.3, 0.4) is 0 Å². The van der Waals surface area contributed by atoms with E-state index >= 15 is 0 Å². The van der Waals surface area contributed by atoms with E-state index in [1.165, 1.54) is 71.0 Å². The van der Waals surface area contributed by atoms with E-state index in [-0.39, 0.29) is 5.41 Å². The van der Waals surface area contributed by atoms with Gasteiger partial charge in [-0.25, -0.2) is 0 Å². The Balaban J connectivity index is 1.82. The van der Waals surface area contributed by atoms with Crippen LogP contribution in [0.15, 0.2) is 65.1 Å². The third kappa shape index (κ3) is 3.35. The summed E-state index contributed by atoms with van der Waals surface area (Å²) in [5.41, 5.74) is 9.72. The normalized spacial score (nSPS) is 17.4. The lowest BCUT2D eigenvalue weighted by Crippen LogP contribution is -2.23. The van der Waals surface area contributed by atoms with Gasteiger partial charge in [0.1, 0.15) is 0 Å². The molecule has 1 aliphatic carbocycles. The van der Waals surface area contributed by atoms with Gasteiger partial charge in [-0.15, -0.1) is 0 Å². The van der Waals surface area contributed by atoms with E-state index in [1.807, 2.05) is 0 Å². The number of aryl methyl sites for hydroxylation is 2. The zero-order chi connectivity index (χ0) is 19.7. The van der Waals surface area contributed by atoms with Crippen molar-refractivity contribution in [2.45, 2.75) is 58.3 Å². The molecule has 0 radical (unpaired) electrons. The molecule has 0 nitrogen and oxygen atoms in total. The maximum Gasteiger partial charge on any atom is 0.0436 e. The second-order valence-corrected chi connectivity index (χ2v) is 9.29. The molecule has 0 aromatic heterocycles. The van der Waals surface area contributed by atoms with Gasteiger partial charge in [-0.1, -0.05) is 96.2 Å². The van der Waals surface area contributed by atoms with Gasteiger partial charge in [0.15, 0.2) is 0 Å². The highest BCUT2D eigenvalue weighted by molar-refractivity contribution is 9.10. The Hall–Kier alpha value is -1.86. The van der Waals surface area contributed by atoms with E-state index in [0.29, 0.717) is 0 Å². The average molecular weight is 433 g/mol. The third-order valence-corrected chi connectivity index (χ3v) is 6.80. The first-order chi connectivity index (χ1) is 13.5. The molecular weight excluding hydrogens is 404 g/mol. The SMILES string of the molecule is CCCCCCc1cc(C)cc(C2(C)c3ccccc3-c3ccc(Br)cc32)c1. The van der Waals surface area contributed by atoms with E-state index in [9.17, 15) is 0 Å². The van der Waals surface area contributed by atoms with Crippen molar-refractivity contribution >= 4 is 15.9 Å². The predicted octanol–water partition coefficient (Wildman–Crippen LogP) is 8.22. The van der Waals surface area contributed by atoms with Crippen LogP contribution in [0.5, 0.6) is 0 Å². The monoisotopic (exact) mass is 432 g/mol. The smallest absolute Gasteiger partial charge is 0.0436 e. The van der Waals surface area contributed by atoms with Gasteiger partial charge in [0, 0.05) is 9.89 Å². The Kier molecular flexibility index (Phi) is 5.47. The summed E-state index contributed by atoms with van der Waals surface area (Å²) in [7, 11) is 0. The highest BCUT2D eigenvalue weighted by atomic mass is 79.9. The van der Waals surface area contributed by atoms with Crippen molar-refractivity contribution in [2.75, 3.05) is 0 Å². The molecule has 0 amide bonds. The summed E-state index contributed by atoms with van der Waals surface area (Å²) in [6, 6.07) is 22.9. The van der Waals surface area contributed by atoms with Crippen LogP contribution in [0.2, 0.25) is 0 Å². The molecule has 1 heteroatoms. The average Bonchev–Trinajstić information content (AvgIpc) is 2.95. The van der Waals surface area contributed by atoms with Crippen molar-refractivity contribution in [3.05, 3.63) is 93.0 Å². The van der Waals surface area contributed by atoms with Gasteiger partial charge in [0.05, 0.1) is 0 Å². The minimum atomic E-state index is -0.111. The lowest BCUT2D eigenvalue weighted by molar-refractivity contribution is 0.663. The predicted molar refractivity (Wildman–Crippen MR) is 124 cm³/mol. The summed E-state index contributed by atoms with van der Waals surface area (Å²) in [6.45, 7) is 6.92. The molecule has 3 aromatic rings. The summed E-state index contributed by atoms with van der Waals surface area (Å²) in [5, 5.41) is 0. The molecule has 0 heterocycles. The Morgan fingerprint density at radius 2 is 1.61 bits per heavy atom. The number of rotatable bonds is 6. The van der Waals surface area contributed by atoms with Gasteiger partial charge >= 0.3 is 0 Å². The van der Waals surface area contributed by atoms with Crippen molar-refractivity contribution in [1.29, 1.82) is 0 Å². The topological polar surface area (TPSA) is 0 Å². The quantitative estimate of drug-likeness (QED) is 0.344. The zero-order valence-corrected chi connectivity index (χ0v) is 18.8. The third-order valence-electron chi connectivity index (χ3n) is 6.31. The molecule has 0 N–H and O–H groups in total. The molecule has 1 atom stereocenters. The number of benzene rings is 3. The lowest BCUT2D eigenvalue weighted by atomic mass is 9.73. The maximum atomic E-state index is 3.71. The molecule has 0 saturated carbocycles. The minimum absolute atomic E-state index is 0.111. The minimum Gasteiger partial charge on any atom is -0.0654 e. The first-order valence-corrected chi connectivity index (χ1v) is 11.3. The second-order valence-electron chi connectivity index (χ2n) is 8.38. The van der Waals surface area contributed by atoms with Crippen molar-refractivity contribution < 1.29 is 0 Å². The van der Waals surface area contributed by atoms with Gasteiger partial charge in [-0.3, -0.25) is 0 Å². The van der Waals surface area contributed by atoms with Gasteiger partial charge in [-0.2, -0.15) is 0 Å². The molecule has 4 rings (SSSR count). The van der Waals surface area contributed by atoms with Crippen LogP contribution >= 0.6 is 15.9 Å². The molecule has 1 unspecified atom stereocenters. The maximum absolute atomic E-state index is 3.71. The molecule has 3 aromatic carbocycles. The van der Waals surface area contributed by atoms with Crippen LogP contribution in [0.4, 0.5) is 0 Å². The van der Waals surface area contributed by atoms with E-state index in [2.05, 4.69) is 97.4 Å². The van der Waals surface area contributed by atoms with Crippen LogP contribution in [-0.4, -0.2) is 0 Å². The van der Waals surface area contributed by atoms with Gasteiger partial charge in [-0.05, 0) is 72.2 Å². The number of halogens is 1. The molecule has 0 fully saturated rings. The Morgan fingerprint density at radius 1 is 0.821 bits per heavy atom. The van der Waals surface area contributed by atoms with Crippen molar-refractivity contribution in [3.63, 3.8) is 0 Å². The van der Waals surface area contributed by atoms with Crippen LogP contribution < -0.4 is 0 Å². The van der Waals surface area contributed by atoms with E-state index < -0.39 is 0 Å². The van der Waals surface area contributed by atoms with Crippen molar-refractivity contribution in [1.82, 2.24) is 0 Å². The van der Waals surface area contributed by atoms with Crippen LogP contribution in [0.1, 0.15) is 67.3 Å². The van der Waals surface area contributed by atoms with Crippen LogP contribution in [0.25, 0.3) is 11.1 Å². The van der Waals surface area contributed by atoms with Gasteiger partial charge in [0.25, 0.3) is 0 Å². The fourth-order valence-corrected chi connectivity index (χ4v) is 5.19. The highest BCUT2D eigenvalue weighted by Crippen LogP contribution is 2.53. The van der Waals surface area contributed by atoms with Crippen molar-refractivity contribution in [2.24, 2.45) is 0 Å². The number of hydrogen-bond acceptors (Lipinski definition) is 0. The number of fused-ring (bicyclic) bond motifs is 3. The van der Waals surface area contributed by atoms with Crippen LogP contribution in [-0.2, 0) is 11.8 Å². The summed E-state index contributed by atoms with van der Waals surface area (Å²) in [4.78, 5) is 0. The summed E-state index contributed by atoms with van der Waals surface area (Å²) < 4.78 is 1.15. The zero-order valence-electron chi connectivity index (χ0n) is 17.2. The Bertz CT molecular complexity index is 1000. The number of unbranched alkanes of at least 4 members (excludes halogenated alkanes) is 3. The lowest BCUT2D eigenvalue weighted by Gasteiger charge is -2.29. The molecule has 0 bridgehead atoms. The van der Waals surface area contributed by atoms with E-state index in [1.54, 1.807) is 0 Å². The fourth-order valence-electron chi connectivity index (χ4n) is 4.83. The molecule has 0 spiro atoms. The fraction of sp³-hybridized carbons (Fsp3) is 0.333. The Labute approximate surface area is 178 Å².